The van der Waals surface area contributed by atoms with Gasteiger partial charge in [-0.15, -0.1) is 6.58 Å². The summed E-state index contributed by atoms with van der Waals surface area (Å²) < 4.78 is 5.36. The Hall–Kier alpha value is -0.340. The summed E-state index contributed by atoms with van der Waals surface area (Å²) in [6.45, 7) is 8.26. The van der Waals surface area contributed by atoms with Gasteiger partial charge in [0.2, 0.25) is 0 Å². The van der Waals surface area contributed by atoms with Crippen LogP contribution in [0.15, 0.2) is 12.7 Å². The lowest BCUT2D eigenvalue weighted by Gasteiger charge is -2.15. The molecule has 2 heteroatoms. The average Bonchev–Trinajstić information content (AvgIpc) is 2.11. The highest BCUT2D eigenvalue weighted by Crippen LogP contribution is 2.08. The SMILES string of the molecule is C=CCOC(C)CC(O)CCCC. The molecular formula is C11H22O2. The van der Waals surface area contributed by atoms with Crippen LogP contribution in [-0.4, -0.2) is 23.9 Å². The van der Waals surface area contributed by atoms with E-state index in [1.807, 2.05) is 6.92 Å². The molecule has 0 aliphatic rings. The second kappa shape index (κ2) is 8.27. The van der Waals surface area contributed by atoms with Crippen LogP contribution in [0.5, 0.6) is 0 Å². The van der Waals surface area contributed by atoms with Crippen LogP contribution in [-0.2, 0) is 4.74 Å². The number of aliphatic hydroxyl groups excluding tert-OH is 1. The smallest absolute Gasteiger partial charge is 0.0648 e. The summed E-state index contributed by atoms with van der Waals surface area (Å²) in [7, 11) is 0. The predicted molar refractivity (Wildman–Crippen MR) is 55.8 cm³/mol. The maximum atomic E-state index is 9.54. The molecule has 0 amide bonds. The first kappa shape index (κ1) is 12.7. The molecular weight excluding hydrogens is 164 g/mol. The summed E-state index contributed by atoms with van der Waals surface area (Å²) >= 11 is 0. The summed E-state index contributed by atoms with van der Waals surface area (Å²) in [6, 6.07) is 0. The van der Waals surface area contributed by atoms with Crippen molar-refractivity contribution < 1.29 is 9.84 Å². The predicted octanol–water partition coefficient (Wildman–Crippen LogP) is 2.52. The lowest BCUT2D eigenvalue weighted by molar-refractivity contribution is 0.0354. The minimum atomic E-state index is -0.209. The number of aliphatic hydroxyl groups is 1. The number of rotatable bonds is 8. The van der Waals surface area contributed by atoms with Gasteiger partial charge >= 0.3 is 0 Å². The Morgan fingerprint density at radius 1 is 1.54 bits per heavy atom. The van der Waals surface area contributed by atoms with E-state index in [1.165, 1.54) is 0 Å². The van der Waals surface area contributed by atoms with Gasteiger partial charge in [0.25, 0.3) is 0 Å². The molecule has 2 nitrogen and oxygen atoms in total. The van der Waals surface area contributed by atoms with Crippen molar-refractivity contribution in [2.75, 3.05) is 6.61 Å². The molecule has 0 aliphatic carbocycles. The largest absolute Gasteiger partial charge is 0.393 e. The van der Waals surface area contributed by atoms with E-state index in [0.29, 0.717) is 6.61 Å². The zero-order valence-corrected chi connectivity index (χ0v) is 8.83. The topological polar surface area (TPSA) is 29.5 Å². The van der Waals surface area contributed by atoms with Crippen LogP contribution in [0.2, 0.25) is 0 Å². The third kappa shape index (κ3) is 8.00. The van der Waals surface area contributed by atoms with E-state index in [2.05, 4.69) is 13.5 Å². The lowest BCUT2D eigenvalue weighted by Crippen LogP contribution is -2.18. The van der Waals surface area contributed by atoms with Crippen LogP contribution >= 0.6 is 0 Å². The van der Waals surface area contributed by atoms with E-state index in [-0.39, 0.29) is 12.2 Å². The average molecular weight is 186 g/mol. The maximum Gasteiger partial charge on any atom is 0.0648 e. The highest BCUT2D eigenvalue weighted by Gasteiger charge is 2.09. The quantitative estimate of drug-likeness (QED) is 0.590. The van der Waals surface area contributed by atoms with Crippen LogP contribution in [0.3, 0.4) is 0 Å². The van der Waals surface area contributed by atoms with E-state index in [4.69, 9.17) is 4.74 Å². The summed E-state index contributed by atoms with van der Waals surface area (Å²) in [5.41, 5.74) is 0. The third-order valence-corrected chi connectivity index (χ3v) is 1.99. The van der Waals surface area contributed by atoms with E-state index in [1.54, 1.807) is 6.08 Å². The first-order valence-corrected chi connectivity index (χ1v) is 5.11. The molecule has 13 heavy (non-hydrogen) atoms. The third-order valence-electron chi connectivity index (χ3n) is 1.99. The summed E-state index contributed by atoms with van der Waals surface area (Å²) in [6.07, 6.45) is 5.50. The molecule has 0 saturated heterocycles. The molecule has 0 bridgehead atoms. The Balaban J connectivity index is 3.40. The first-order valence-electron chi connectivity index (χ1n) is 5.11. The summed E-state index contributed by atoms with van der Waals surface area (Å²) in [4.78, 5) is 0. The van der Waals surface area contributed by atoms with Crippen molar-refractivity contribution in [2.24, 2.45) is 0 Å². The normalized spacial score (nSPS) is 15.3. The molecule has 1 N–H and O–H groups in total. The van der Waals surface area contributed by atoms with Crippen molar-refractivity contribution in [1.82, 2.24) is 0 Å². The Morgan fingerprint density at radius 3 is 2.77 bits per heavy atom. The van der Waals surface area contributed by atoms with E-state index >= 15 is 0 Å². The zero-order chi connectivity index (χ0) is 10.1. The van der Waals surface area contributed by atoms with Gasteiger partial charge in [-0.2, -0.15) is 0 Å². The van der Waals surface area contributed by atoms with Gasteiger partial charge in [-0.25, -0.2) is 0 Å². The van der Waals surface area contributed by atoms with Crippen molar-refractivity contribution in [3.63, 3.8) is 0 Å². The Labute approximate surface area is 81.6 Å². The fourth-order valence-electron chi connectivity index (χ4n) is 1.24. The maximum absolute atomic E-state index is 9.54. The Kier molecular flexibility index (Phi) is 8.05. The van der Waals surface area contributed by atoms with Gasteiger partial charge < -0.3 is 9.84 Å². The molecule has 2 unspecified atom stereocenters. The van der Waals surface area contributed by atoms with E-state index < -0.39 is 0 Å². The number of ether oxygens (including phenoxy) is 1. The highest BCUT2D eigenvalue weighted by atomic mass is 16.5. The second-order valence-corrected chi connectivity index (χ2v) is 3.46. The molecule has 0 aromatic heterocycles. The number of unbranched alkanes of at least 4 members (excludes halogenated alkanes) is 1. The molecule has 0 saturated carbocycles. The molecule has 0 fully saturated rings. The highest BCUT2D eigenvalue weighted by molar-refractivity contribution is 4.67. The van der Waals surface area contributed by atoms with Crippen LogP contribution in [0.4, 0.5) is 0 Å². The molecule has 0 rings (SSSR count). The molecule has 2 atom stereocenters. The van der Waals surface area contributed by atoms with Gasteiger partial charge in [0.1, 0.15) is 0 Å². The van der Waals surface area contributed by atoms with Crippen molar-refractivity contribution >= 4 is 0 Å². The van der Waals surface area contributed by atoms with Gasteiger partial charge in [-0.1, -0.05) is 25.8 Å². The van der Waals surface area contributed by atoms with E-state index in [9.17, 15) is 5.11 Å². The van der Waals surface area contributed by atoms with E-state index in [0.717, 1.165) is 25.7 Å². The molecule has 0 aliphatic heterocycles. The van der Waals surface area contributed by atoms with Crippen molar-refractivity contribution in [2.45, 2.75) is 51.7 Å². The summed E-state index contributed by atoms with van der Waals surface area (Å²) in [5.74, 6) is 0. The van der Waals surface area contributed by atoms with Gasteiger partial charge in [0.05, 0.1) is 18.8 Å². The molecule has 0 radical (unpaired) electrons. The van der Waals surface area contributed by atoms with Gasteiger partial charge in [-0.3, -0.25) is 0 Å². The Bertz CT molecular complexity index is 123. The van der Waals surface area contributed by atoms with Gasteiger partial charge in [-0.05, 0) is 19.8 Å². The molecule has 0 heterocycles. The molecule has 78 valence electrons. The van der Waals surface area contributed by atoms with Gasteiger partial charge in [0, 0.05) is 0 Å². The molecule has 0 aromatic carbocycles. The lowest BCUT2D eigenvalue weighted by atomic mass is 10.1. The minimum absolute atomic E-state index is 0.129. The Morgan fingerprint density at radius 2 is 2.23 bits per heavy atom. The number of hydrogen-bond donors (Lipinski definition) is 1. The monoisotopic (exact) mass is 186 g/mol. The fraction of sp³-hybridized carbons (Fsp3) is 0.818. The van der Waals surface area contributed by atoms with Gasteiger partial charge in [0.15, 0.2) is 0 Å². The van der Waals surface area contributed by atoms with Crippen molar-refractivity contribution in [3.8, 4) is 0 Å². The molecule has 0 aromatic rings. The first-order chi connectivity index (χ1) is 6.20. The van der Waals surface area contributed by atoms with Crippen LogP contribution < -0.4 is 0 Å². The number of hydrogen-bond acceptors (Lipinski definition) is 2. The standard InChI is InChI=1S/C11H22O2/c1-4-6-7-11(12)9-10(3)13-8-5-2/h5,10-12H,2,4,6-9H2,1,3H3. The van der Waals surface area contributed by atoms with Crippen molar-refractivity contribution in [1.29, 1.82) is 0 Å². The zero-order valence-electron chi connectivity index (χ0n) is 8.83. The van der Waals surface area contributed by atoms with Crippen LogP contribution in [0, 0.1) is 0 Å². The minimum Gasteiger partial charge on any atom is -0.393 e. The van der Waals surface area contributed by atoms with Crippen LogP contribution in [0.25, 0.3) is 0 Å². The summed E-state index contributed by atoms with van der Waals surface area (Å²) in [5, 5.41) is 9.54. The van der Waals surface area contributed by atoms with Crippen molar-refractivity contribution in [3.05, 3.63) is 12.7 Å². The molecule has 0 spiro atoms. The van der Waals surface area contributed by atoms with Crippen LogP contribution in [0.1, 0.15) is 39.5 Å². The fourth-order valence-corrected chi connectivity index (χ4v) is 1.24. The second-order valence-electron chi connectivity index (χ2n) is 3.46.